The molecule has 1 aromatic rings. The minimum absolute atomic E-state index is 0.131. The van der Waals surface area contributed by atoms with Crippen molar-refractivity contribution in [3.05, 3.63) is 35.6 Å². The Labute approximate surface area is 105 Å². The summed E-state index contributed by atoms with van der Waals surface area (Å²) >= 11 is 0. The molecule has 3 N–H and O–H groups in total. The number of ketones is 1. The van der Waals surface area contributed by atoms with Crippen LogP contribution in [0.2, 0.25) is 0 Å². The number of hydrogen-bond donors (Lipinski definition) is 2. The number of carboxylic acids is 1. The second kappa shape index (κ2) is 6.26. The topological polar surface area (TPSA) is 80.4 Å². The van der Waals surface area contributed by atoms with Crippen LogP contribution in [0.1, 0.15) is 30.1 Å². The van der Waals surface area contributed by atoms with Crippen molar-refractivity contribution in [1.29, 1.82) is 0 Å². The van der Waals surface area contributed by atoms with E-state index in [1.165, 1.54) is 24.3 Å². The molecule has 0 aliphatic heterocycles. The largest absolute Gasteiger partial charge is 0.480 e. The Morgan fingerprint density at radius 3 is 2.39 bits per heavy atom. The zero-order valence-electron chi connectivity index (χ0n) is 10.1. The van der Waals surface area contributed by atoms with Crippen LogP contribution >= 0.6 is 0 Å². The number of carbonyl (C=O) groups is 2. The second-order valence-electron chi connectivity index (χ2n) is 4.42. The molecule has 18 heavy (non-hydrogen) atoms. The molecule has 1 aromatic carbocycles. The standard InChI is InChI=1S/C13H16FNO3/c1-8(6-11(15)13(17)18)7-12(16)9-2-4-10(14)5-3-9/h2-5,8,11H,6-7,15H2,1H3,(H,17,18)/t8?,11-/m0/s1. The maximum Gasteiger partial charge on any atom is 0.320 e. The van der Waals surface area contributed by atoms with E-state index in [0.717, 1.165) is 0 Å². The fourth-order valence-electron chi connectivity index (χ4n) is 1.69. The summed E-state index contributed by atoms with van der Waals surface area (Å²) in [4.78, 5) is 22.4. The van der Waals surface area contributed by atoms with Gasteiger partial charge in [-0.25, -0.2) is 4.39 Å². The van der Waals surface area contributed by atoms with Gasteiger partial charge in [0.05, 0.1) is 0 Å². The molecule has 0 aromatic heterocycles. The normalized spacial score (nSPS) is 13.9. The highest BCUT2D eigenvalue weighted by atomic mass is 19.1. The number of rotatable bonds is 6. The van der Waals surface area contributed by atoms with Gasteiger partial charge in [-0.3, -0.25) is 9.59 Å². The molecular formula is C13H16FNO3. The van der Waals surface area contributed by atoms with Gasteiger partial charge in [-0.1, -0.05) is 6.92 Å². The van der Waals surface area contributed by atoms with E-state index in [-0.39, 0.29) is 24.5 Å². The maximum atomic E-state index is 12.7. The molecule has 0 aliphatic carbocycles. The van der Waals surface area contributed by atoms with Gasteiger partial charge in [-0.05, 0) is 36.6 Å². The first-order valence-electron chi connectivity index (χ1n) is 5.67. The number of Topliss-reactive ketones (excluding diaryl/α,β-unsaturated/α-hetero) is 1. The summed E-state index contributed by atoms with van der Waals surface area (Å²) in [6.45, 7) is 1.77. The zero-order chi connectivity index (χ0) is 13.7. The van der Waals surface area contributed by atoms with Crippen LogP contribution in [0.5, 0.6) is 0 Å². The lowest BCUT2D eigenvalue weighted by Crippen LogP contribution is -2.32. The van der Waals surface area contributed by atoms with Crippen molar-refractivity contribution in [2.45, 2.75) is 25.8 Å². The Morgan fingerprint density at radius 2 is 1.89 bits per heavy atom. The lowest BCUT2D eigenvalue weighted by molar-refractivity contribution is -0.138. The summed E-state index contributed by atoms with van der Waals surface area (Å²) in [5.41, 5.74) is 5.81. The van der Waals surface area contributed by atoms with E-state index >= 15 is 0 Å². The lowest BCUT2D eigenvalue weighted by atomic mass is 9.94. The van der Waals surface area contributed by atoms with Crippen LogP contribution in [0, 0.1) is 11.7 Å². The lowest BCUT2D eigenvalue weighted by Gasteiger charge is -2.13. The number of carbonyl (C=O) groups excluding carboxylic acids is 1. The third-order valence-electron chi connectivity index (χ3n) is 2.67. The first kappa shape index (κ1) is 14.3. The fourth-order valence-corrected chi connectivity index (χ4v) is 1.69. The van der Waals surface area contributed by atoms with Crippen LogP contribution in [0.4, 0.5) is 4.39 Å². The van der Waals surface area contributed by atoms with Crippen LogP contribution in [0.25, 0.3) is 0 Å². The third kappa shape index (κ3) is 4.25. The van der Waals surface area contributed by atoms with E-state index in [0.29, 0.717) is 5.56 Å². The summed E-state index contributed by atoms with van der Waals surface area (Å²) in [5.74, 6) is -1.74. The van der Waals surface area contributed by atoms with Crippen molar-refractivity contribution in [1.82, 2.24) is 0 Å². The fraction of sp³-hybridized carbons (Fsp3) is 0.385. The van der Waals surface area contributed by atoms with E-state index in [1.54, 1.807) is 6.92 Å². The summed E-state index contributed by atoms with van der Waals surface area (Å²) in [5, 5.41) is 8.66. The summed E-state index contributed by atoms with van der Waals surface area (Å²) < 4.78 is 12.7. The Morgan fingerprint density at radius 1 is 1.33 bits per heavy atom. The highest BCUT2D eigenvalue weighted by Crippen LogP contribution is 2.14. The van der Waals surface area contributed by atoms with Crippen LogP contribution in [0.15, 0.2) is 24.3 Å². The summed E-state index contributed by atoms with van der Waals surface area (Å²) in [6, 6.07) is 4.33. The molecule has 4 nitrogen and oxygen atoms in total. The third-order valence-corrected chi connectivity index (χ3v) is 2.67. The molecule has 1 rings (SSSR count). The average molecular weight is 253 g/mol. The Balaban J connectivity index is 2.54. The smallest absolute Gasteiger partial charge is 0.320 e. The molecule has 1 unspecified atom stereocenters. The van der Waals surface area contributed by atoms with E-state index in [2.05, 4.69) is 0 Å². The maximum absolute atomic E-state index is 12.7. The van der Waals surface area contributed by atoms with E-state index in [9.17, 15) is 14.0 Å². The van der Waals surface area contributed by atoms with Crippen molar-refractivity contribution in [3.63, 3.8) is 0 Å². The molecule has 0 bridgehead atoms. The van der Waals surface area contributed by atoms with Gasteiger partial charge in [0.15, 0.2) is 5.78 Å². The van der Waals surface area contributed by atoms with Crippen molar-refractivity contribution in [3.8, 4) is 0 Å². The second-order valence-corrected chi connectivity index (χ2v) is 4.42. The first-order valence-corrected chi connectivity index (χ1v) is 5.67. The predicted octanol–water partition coefficient (Wildman–Crippen LogP) is 1.84. The zero-order valence-corrected chi connectivity index (χ0v) is 10.1. The molecule has 0 saturated carbocycles. The van der Waals surface area contributed by atoms with Crippen LogP contribution in [-0.2, 0) is 4.79 Å². The number of nitrogens with two attached hydrogens (primary N) is 1. The van der Waals surface area contributed by atoms with Crippen LogP contribution < -0.4 is 5.73 Å². The molecule has 0 saturated heterocycles. The summed E-state index contributed by atoms with van der Waals surface area (Å²) in [6.07, 6.45) is 0.439. The van der Waals surface area contributed by atoms with Gasteiger partial charge in [-0.2, -0.15) is 0 Å². The Kier molecular flexibility index (Phi) is 4.97. The van der Waals surface area contributed by atoms with Gasteiger partial charge >= 0.3 is 5.97 Å². The van der Waals surface area contributed by atoms with Gasteiger partial charge in [0, 0.05) is 12.0 Å². The number of carboxylic acid groups (broad SMARTS) is 1. The highest BCUT2D eigenvalue weighted by molar-refractivity contribution is 5.96. The first-order chi connectivity index (χ1) is 8.40. The van der Waals surface area contributed by atoms with Crippen molar-refractivity contribution >= 4 is 11.8 Å². The monoisotopic (exact) mass is 253 g/mol. The number of hydrogen-bond acceptors (Lipinski definition) is 3. The van der Waals surface area contributed by atoms with Gasteiger partial charge in [0.1, 0.15) is 11.9 Å². The molecule has 0 spiro atoms. The Bertz CT molecular complexity index is 430. The molecule has 0 fully saturated rings. The molecule has 98 valence electrons. The quantitative estimate of drug-likeness (QED) is 0.758. The predicted molar refractivity (Wildman–Crippen MR) is 64.7 cm³/mol. The van der Waals surface area contributed by atoms with Crippen LogP contribution in [-0.4, -0.2) is 22.9 Å². The Hall–Kier alpha value is -1.75. The average Bonchev–Trinajstić information content (AvgIpc) is 2.29. The van der Waals surface area contributed by atoms with Crippen molar-refractivity contribution < 1.29 is 19.1 Å². The molecule has 2 atom stereocenters. The van der Waals surface area contributed by atoms with E-state index in [4.69, 9.17) is 10.8 Å². The molecule has 5 heteroatoms. The molecular weight excluding hydrogens is 237 g/mol. The SMILES string of the molecule is CC(CC(=O)c1ccc(F)cc1)C[C@H](N)C(=O)O. The minimum Gasteiger partial charge on any atom is -0.480 e. The number of halogens is 1. The van der Waals surface area contributed by atoms with Gasteiger partial charge in [0.2, 0.25) is 0 Å². The molecule has 0 amide bonds. The number of aliphatic carboxylic acids is 1. The van der Waals surface area contributed by atoms with Gasteiger partial charge in [0.25, 0.3) is 0 Å². The highest BCUT2D eigenvalue weighted by Gasteiger charge is 2.18. The molecule has 0 aliphatic rings. The number of benzene rings is 1. The van der Waals surface area contributed by atoms with Gasteiger partial charge in [-0.15, -0.1) is 0 Å². The van der Waals surface area contributed by atoms with Gasteiger partial charge < -0.3 is 10.8 Å². The van der Waals surface area contributed by atoms with Crippen molar-refractivity contribution in [2.24, 2.45) is 11.7 Å². The summed E-state index contributed by atoms with van der Waals surface area (Å²) in [7, 11) is 0. The molecule has 0 radical (unpaired) electrons. The van der Waals surface area contributed by atoms with E-state index < -0.39 is 17.8 Å². The van der Waals surface area contributed by atoms with E-state index in [1.807, 2.05) is 0 Å². The molecule has 0 heterocycles. The van der Waals surface area contributed by atoms with Crippen LogP contribution in [0.3, 0.4) is 0 Å². The minimum atomic E-state index is -1.07. The van der Waals surface area contributed by atoms with Crippen molar-refractivity contribution in [2.75, 3.05) is 0 Å².